The average molecular weight is 594 g/mol. The first-order chi connectivity index (χ1) is 19.6. The molecule has 0 aliphatic heterocycles. The molecule has 2 N–H and O–H groups in total. The number of hydrogen-bond acceptors (Lipinski definition) is 4. The van der Waals surface area contributed by atoms with E-state index in [1.807, 2.05) is 95.3 Å². The minimum atomic E-state index is -0.0111. The van der Waals surface area contributed by atoms with Gasteiger partial charge in [0.15, 0.2) is 11.6 Å². The van der Waals surface area contributed by atoms with Crippen LogP contribution in [0.25, 0.3) is 0 Å². The molecule has 0 spiro atoms. The fraction of sp³-hybridized carbons (Fsp3) is 0.257. The molecular weight excluding hydrogens is 551 g/mol. The van der Waals surface area contributed by atoms with Crippen LogP contribution in [0.4, 0.5) is 22.7 Å². The van der Waals surface area contributed by atoms with Gasteiger partial charge >= 0.3 is 0 Å². The highest BCUT2D eigenvalue weighted by atomic mass is 35.5. The third-order valence-electron chi connectivity index (χ3n) is 6.03. The van der Waals surface area contributed by atoms with E-state index in [2.05, 4.69) is 30.5 Å². The van der Waals surface area contributed by atoms with Crippen molar-refractivity contribution < 1.29 is 9.59 Å². The number of para-hydroxylation sites is 2. The van der Waals surface area contributed by atoms with Crippen molar-refractivity contribution in [2.75, 3.05) is 10.6 Å². The van der Waals surface area contributed by atoms with Crippen molar-refractivity contribution in [1.82, 2.24) is 0 Å². The van der Waals surface area contributed by atoms with Crippen LogP contribution < -0.4 is 10.6 Å². The van der Waals surface area contributed by atoms with E-state index in [4.69, 9.17) is 23.2 Å². The molecule has 4 rings (SSSR count). The summed E-state index contributed by atoms with van der Waals surface area (Å²) in [5.74, 6) is 0.0615. The average Bonchev–Trinajstić information content (AvgIpc) is 2.98. The monoisotopic (exact) mass is 592 g/mol. The Morgan fingerprint density at radius 3 is 1.54 bits per heavy atom. The van der Waals surface area contributed by atoms with Gasteiger partial charge in [0.2, 0.25) is 0 Å². The quantitative estimate of drug-likeness (QED) is 0.218. The highest BCUT2D eigenvalue weighted by molar-refractivity contribution is 6.39. The first kappa shape index (κ1) is 35.4. The summed E-state index contributed by atoms with van der Waals surface area (Å²) in [5, 5.41) is 7.57. The van der Waals surface area contributed by atoms with Gasteiger partial charge in [-0.05, 0) is 87.7 Å². The number of Topliss-reactive ketones (excluding diaryl/α,β-unsaturated/α-hetero) is 2. The Hall–Kier alpha value is -3.60. The Kier molecular flexibility index (Phi) is 15.5. The summed E-state index contributed by atoms with van der Waals surface area (Å²) < 4.78 is 0. The number of aryl methyl sites for hydroxylation is 2. The van der Waals surface area contributed by atoms with E-state index in [1.54, 1.807) is 19.1 Å². The summed E-state index contributed by atoms with van der Waals surface area (Å²) in [6, 6.07) is 24.6. The minimum Gasteiger partial charge on any atom is -0.355 e. The van der Waals surface area contributed by atoms with Crippen molar-refractivity contribution in [2.45, 2.75) is 62.3 Å². The van der Waals surface area contributed by atoms with Crippen LogP contribution >= 0.6 is 23.2 Å². The Morgan fingerprint density at radius 2 is 1.02 bits per heavy atom. The zero-order valence-corrected chi connectivity index (χ0v) is 27.1. The SMILES string of the molecule is CC.CC.CC(=O)c1ccccc1Nc1c(Cl)ccc(C)c1Cl.CC(=O)c1ccccc1Nc1cccc(C)c1C. The third-order valence-corrected chi connectivity index (χ3v) is 6.83. The first-order valence-electron chi connectivity index (χ1n) is 13.8. The zero-order chi connectivity index (χ0) is 31.1. The highest BCUT2D eigenvalue weighted by Crippen LogP contribution is 2.36. The van der Waals surface area contributed by atoms with Gasteiger partial charge in [0.05, 0.1) is 15.7 Å². The van der Waals surface area contributed by atoms with Gasteiger partial charge in [-0.2, -0.15) is 0 Å². The molecule has 0 heterocycles. The van der Waals surface area contributed by atoms with Crippen LogP contribution in [-0.2, 0) is 0 Å². The molecule has 6 heteroatoms. The summed E-state index contributed by atoms with van der Waals surface area (Å²) in [6.45, 7) is 17.2. The maximum atomic E-state index is 11.6. The van der Waals surface area contributed by atoms with E-state index >= 15 is 0 Å². The van der Waals surface area contributed by atoms with Crippen LogP contribution in [0.15, 0.2) is 78.9 Å². The number of carbonyl (C=O) groups excluding carboxylic acids is 2. The van der Waals surface area contributed by atoms with Gasteiger partial charge in [-0.3, -0.25) is 9.59 Å². The Bertz CT molecular complexity index is 1450. The fourth-order valence-corrected chi connectivity index (χ4v) is 4.20. The van der Waals surface area contributed by atoms with Crippen LogP contribution in [0, 0.1) is 20.8 Å². The van der Waals surface area contributed by atoms with Gasteiger partial charge in [-0.1, -0.05) is 93.4 Å². The van der Waals surface area contributed by atoms with Gasteiger partial charge in [-0.25, -0.2) is 0 Å². The number of ketones is 2. The molecule has 0 aliphatic carbocycles. The third kappa shape index (κ3) is 10.1. The molecule has 0 aliphatic rings. The Labute approximate surface area is 256 Å². The topological polar surface area (TPSA) is 58.2 Å². The van der Waals surface area contributed by atoms with Crippen LogP contribution in [0.3, 0.4) is 0 Å². The molecular formula is C35H42Cl2N2O2. The van der Waals surface area contributed by atoms with Crippen molar-refractivity contribution in [3.05, 3.63) is 117 Å². The van der Waals surface area contributed by atoms with Crippen LogP contribution in [0.5, 0.6) is 0 Å². The summed E-state index contributed by atoms with van der Waals surface area (Å²) in [6.07, 6.45) is 0. The lowest BCUT2D eigenvalue weighted by atomic mass is 10.1. The molecule has 0 radical (unpaired) electrons. The number of halogens is 2. The molecule has 0 bridgehead atoms. The fourth-order valence-electron chi connectivity index (χ4n) is 3.74. The van der Waals surface area contributed by atoms with Crippen molar-refractivity contribution in [2.24, 2.45) is 0 Å². The number of benzene rings is 4. The second-order valence-corrected chi connectivity index (χ2v) is 9.54. The minimum absolute atomic E-state index is 0.0111. The first-order valence-corrected chi connectivity index (χ1v) is 14.6. The largest absolute Gasteiger partial charge is 0.355 e. The molecule has 0 unspecified atom stereocenters. The Balaban J connectivity index is 0.000000366. The van der Waals surface area contributed by atoms with Crippen LogP contribution in [-0.4, -0.2) is 11.6 Å². The smallest absolute Gasteiger partial charge is 0.161 e. The second-order valence-electron chi connectivity index (χ2n) is 8.75. The standard InChI is InChI=1S/C16H17NO.C15H13Cl2NO.2C2H6/c1-11-7-6-10-15(12(11)2)17-16-9-5-4-8-14(16)13(3)18;1-9-7-8-12(16)15(14(9)17)18-13-6-4-3-5-11(13)10(2)19;2*1-2/h4-10,17H,1-3H3;3-8,18H,1-2H3;2*1-2H3. The maximum Gasteiger partial charge on any atom is 0.161 e. The van der Waals surface area contributed by atoms with E-state index in [1.165, 1.54) is 18.1 Å². The predicted molar refractivity (Wildman–Crippen MR) is 179 cm³/mol. The lowest BCUT2D eigenvalue weighted by Crippen LogP contribution is -2.01. The summed E-state index contributed by atoms with van der Waals surface area (Å²) in [5.41, 5.74) is 7.92. The molecule has 0 aromatic heterocycles. The lowest BCUT2D eigenvalue weighted by molar-refractivity contribution is 0.101. The van der Waals surface area contributed by atoms with E-state index in [9.17, 15) is 9.59 Å². The van der Waals surface area contributed by atoms with Gasteiger partial charge in [0, 0.05) is 28.2 Å². The van der Waals surface area contributed by atoms with E-state index in [0.29, 0.717) is 27.0 Å². The lowest BCUT2D eigenvalue weighted by Gasteiger charge is -2.14. The van der Waals surface area contributed by atoms with Crippen molar-refractivity contribution in [1.29, 1.82) is 0 Å². The van der Waals surface area contributed by atoms with Crippen molar-refractivity contribution >= 4 is 57.5 Å². The molecule has 4 nitrogen and oxygen atoms in total. The van der Waals surface area contributed by atoms with E-state index < -0.39 is 0 Å². The van der Waals surface area contributed by atoms with E-state index in [-0.39, 0.29) is 11.6 Å². The Morgan fingerprint density at radius 1 is 0.561 bits per heavy atom. The van der Waals surface area contributed by atoms with Gasteiger partial charge in [-0.15, -0.1) is 0 Å². The van der Waals surface area contributed by atoms with E-state index in [0.717, 1.165) is 22.5 Å². The van der Waals surface area contributed by atoms with Gasteiger partial charge in [0.25, 0.3) is 0 Å². The van der Waals surface area contributed by atoms with Gasteiger partial charge in [0.1, 0.15) is 0 Å². The molecule has 0 amide bonds. The normalized spacial score (nSPS) is 9.54. The number of nitrogens with one attached hydrogen (secondary N) is 2. The summed E-state index contributed by atoms with van der Waals surface area (Å²) in [4.78, 5) is 23.2. The summed E-state index contributed by atoms with van der Waals surface area (Å²) >= 11 is 12.4. The number of carbonyl (C=O) groups is 2. The number of hydrogen-bond donors (Lipinski definition) is 2. The molecule has 0 fully saturated rings. The van der Waals surface area contributed by atoms with Crippen molar-refractivity contribution in [3.63, 3.8) is 0 Å². The van der Waals surface area contributed by atoms with Crippen LogP contribution in [0.2, 0.25) is 10.0 Å². The molecule has 0 atom stereocenters. The summed E-state index contributed by atoms with van der Waals surface area (Å²) in [7, 11) is 0. The van der Waals surface area contributed by atoms with Gasteiger partial charge < -0.3 is 10.6 Å². The predicted octanol–water partition coefficient (Wildman–Crippen LogP) is 11.6. The zero-order valence-electron chi connectivity index (χ0n) is 25.6. The molecule has 41 heavy (non-hydrogen) atoms. The molecule has 0 saturated carbocycles. The molecule has 4 aromatic carbocycles. The maximum absolute atomic E-state index is 11.6. The number of rotatable bonds is 6. The van der Waals surface area contributed by atoms with Crippen LogP contribution in [0.1, 0.15) is 78.9 Å². The molecule has 0 saturated heterocycles. The highest BCUT2D eigenvalue weighted by Gasteiger charge is 2.12. The number of anilines is 4. The second kappa shape index (κ2) is 18.0. The molecule has 218 valence electrons. The molecule has 4 aromatic rings. The van der Waals surface area contributed by atoms with Crippen molar-refractivity contribution in [3.8, 4) is 0 Å².